The van der Waals surface area contributed by atoms with E-state index < -0.39 is 36.2 Å². The topological polar surface area (TPSA) is 95.9 Å². The van der Waals surface area contributed by atoms with Gasteiger partial charge >= 0.3 is 24.1 Å². The van der Waals surface area contributed by atoms with Crippen LogP contribution >= 0.6 is 0 Å². The zero-order valence-corrected chi connectivity index (χ0v) is 13.5. The Bertz CT molecular complexity index is 666. The molecule has 0 saturated carbocycles. The Morgan fingerprint density at radius 1 is 1.23 bits per heavy atom. The molecule has 0 unspecified atom stereocenters. The maximum Gasteiger partial charge on any atom is 0.471 e. The molecule has 1 fully saturated rings. The van der Waals surface area contributed by atoms with Gasteiger partial charge in [-0.05, 0) is 18.4 Å². The monoisotopic (exact) mass is 374 g/mol. The van der Waals surface area contributed by atoms with Crippen molar-refractivity contribution in [2.45, 2.75) is 37.7 Å². The lowest BCUT2D eigenvalue weighted by atomic mass is 9.96. The van der Waals surface area contributed by atoms with Crippen molar-refractivity contribution in [3.05, 3.63) is 35.9 Å². The van der Waals surface area contributed by atoms with E-state index in [-0.39, 0.29) is 26.0 Å². The number of nitrogens with zero attached hydrogens (tertiary/aromatic N) is 1. The fourth-order valence-electron chi connectivity index (χ4n) is 2.71. The molecule has 7 nitrogen and oxygen atoms in total. The molecule has 2 N–H and O–H groups in total. The minimum absolute atomic E-state index is 0.00124. The molecule has 1 aromatic carbocycles. The first-order chi connectivity index (χ1) is 12.2. The second-order valence-electron chi connectivity index (χ2n) is 5.74. The van der Waals surface area contributed by atoms with Crippen molar-refractivity contribution in [3.8, 4) is 0 Å². The Labute approximate surface area is 146 Å². The SMILES string of the molecule is O=C(O)[C@@H]1[C@@H](NC(=O)C(F)(F)F)CCCN1C(=O)OCc1ccccc1. The highest BCUT2D eigenvalue weighted by Crippen LogP contribution is 2.22. The van der Waals surface area contributed by atoms with Crippen molar-refractivity contribution >= 4 is 18.0 Å². The summed E-state index contributed by atoms with van der Waals surface area (Å²) in [4.78, 5) is 35.7. The van der Waals surface area contributed by atoms with Crippen LogP contribution in [-0.4, -0.2) is 52.8 Å². The molecule has 1 heterocycles. The van der Waals surface area contributed by atoms with Crippen LogP contribution in [0.2, 0.25) is 0 Å². The summed E-state index contributed by atoms with van der Waals surface area (Å²) in [7, 11) is 0. The lowest BCUT2D eigenvalue weighted by Gasteiger charge is -2.38. The van der Waals surface area contributed by atoms with Gasteiger partial charge in [-0.3, -0.25) is 9.69 Å². The molecule has 0 spiro atoms. The smallest absolute Gasteiger partial charge is 0.471 e. The first kappa shape index (κ1) is 19.5. The summed E-state index contributed by atoms with van der Waals surface area (Å²) in [6.45, 7) is -0.106. The summed E-state index contributed by atoms with van der Waals surface area (Å²) in [6.07, 6.45) is -5.87. The molecule has 1 aromatic rings. The summed E-state index contributed by atoms with van der Waals surface area (Å²) in [5.41, 5.74) is 0.673. The molecule has 2 amide bonds. The van der Waals surface area contributed by atoms with E-state index in [4.69, 9.17) is 4.74 Å². The second-order valence-corrected chi connectivity index (χ2v) is 5.74. The van der Waals surface area contributed by atoms with Crippen molar-refractivity contribution in [2.75, 3.05) is 6.54 Å². The van der Waals surface area contributed by atoms with Gasteiger partial charge in [0, 0.05) is 6.54 Å². The number of nitrogens with one attached hydrogen (secondary N) is 1. The number of carboxylic acid groups (broad SMARTS) is 1. The predicted octanol–water partition coefficient (Wildman–Crippen LogP) is 1.92. The number of likely N-dealkylation sites (tertiary alicyclic amines) is 1. The molecular weight excluding hydrogens is 357 g/mol. The number of hydrogen-bond donors (Lipinski definition) is 2. The van der Waals surface area contributed by atoms with Crippen molar-refractivity contribution in [1.29, 1.82) is 0 Å². The Balaban J connectivity index is 2.07. The van der Waals surface area contributed by atoms with E-state index in [0.29, 0.717) is 5.56 Å². The number of carboxylic acids is 1. The van der Waals surface area contributed by atoms with Crippen LogP contribution in [0.4, 0.5) is 18.0 Å². The van der Waals surface area contributed by atoms with E-state index in [1.807, 2.05) is 0 Å². The van der Waals surface area contributed by atoms with Gasteiger partial charge in [-0.1, -0.05) is 30.3 Å². The summed E-state index contributed by atoms with van der Waals surface area (Å²) in [5.74, 6) is -3.76. The molecule has 1 aliphatic rings. The van der Waals surface area contributed by atoms with Crippen LogP contribution in [0, 0.1) is 0 Å². The number of hydrogen-bond acceptors (Lipinski definition) is 4. The average molecular weight is 374 g/mol. The third-order valence-electron chi connectivity index (χ3n) is 3.90. The number of ether oxygens (including phenoxy) is 1. The Morgan fingerprint density at radius 3 is 2.46 bits per heavy atom. The molecule has 2 rings (SSSR count). The fraction of sp³-hybridized carbons (Fsp3) is 0.438. The first-order valence-electron chi connectivity index (χ1n) is 7.78. The molecule has 26 heavy (non-hydrogen) atoms. The Morgan fingerprint density at radius 2 is 1.88 bits per heavy atom. The van der Waals surface area contributed by atoms with Crippen LogP contribution in [-0.2, 0) is 20.9 Å². The summed E-state index contributed by atoms with van der Waals surface area (Å²) in [5, 5.41) is 11.0. The molecular formula is C16H17F3N2O5. The highest BCUT2D eigenvalue weighted by atomic mass is 19.4. The highest BCUT2D eigenvalue weighted by Gasteiger charge is 2.45. The zero-order valence-electron chi connectivity index (χ0n) is 13.5. The van der Waals surface area contributed by atoms with E-state index in [2.05, 4.69) is 0 Å². The van der Waals surface area contributed by atoms with Gasteiger partial charge in [0.2, 0.25) is 0 Å². The van der Waals surface area contributed by atoms with Crippen molar-refractivity contribution in [2.24, 2.45) is 0 Å². The van der Waals surface area contributed by atoms with Crippen LogP contribution in [0.25, 0.3) is 0 Å². The molecule has 0 aliphatic carbocycles. The van der Waals surface area contributed by atoms with Crippen molar-refractivity contribution in [3.63, 3.8) is 0 Å². The van der Waals surface area contributed by atoms with E-state index in [1.165, 1.54) is 0 Å². The van der Waals surface area contributed by atoms with Crippen LogP contribution in [0.15, 0.2) is 30.3 Å². The number of alkyl halides is 3. The van der Waals surface area contributed by atoms with Gasteiger partial charge < -0.3 is 15.2 Å². The van der Waals surface area contributed by atoms with Gasteiger partial charge in [0.05, 0.1) is 6.04 Å². The summed E-state index contributed by atoms with van der Waals surface area (Å²) in [6, 6.07) is 5.62. The quantitative estimate of drug-likeness (QED) is 0.840. The third-order valence-corrected chi connectivity index (χ3v) is 3.90. The minimum Gasteiger partial charge on any atom is -0.480 e. The molecule has 142 valence electrons. The van der Waals surface area contributed by atoms with Gasteiger partial charge in [-0.2, -0.15) is 13.2 Å². The minimum atomic E-state index is -5.14. The van der Waals surface area contributed by atoms with Gasteiger partial charge in [-0.25, -0.2) is 9.59 Å². The second kappa shape index (κ2) is 8.07. The molecule has 1 saturated heterocycles. The first-order valence-corrected chi connectivity index (χ1v) is 7.78. The van der Waals surface area contributed by atoms with Crippen LogP contribution in [0.5, 0.6) is 0 Å². The number of carbonyl (C=O) groups is 3. The number of aliphatic carboxylic acids is 1. The molecule has 1 aliphatic heterocycles. The lowest BCUT2D eigenvalue weighted by molar-refractivity contribution is -0.175. The number of piperidine rings is 1. The summed E-state index contributed by atoms with van der Waals surface area (Å²) < 4.78 is 42.4. The Hall–Kier alpha value is -2.78. The number of carbonyl (C=O) groups excluding carboxylic acids is 2. The standard InChI is InChI=1S/C16H17F3N2O5/c17-16(18,19)14(24)20-11-7-4-8-21(12(11)13(22)23)15(25)26-9-10-5-2-1-3-6-10/h1-3,5-6,11-12H,4,7-9H2,(H,20,24)(H,22,23)/t11-,12-/m0/s1. The van der Waals surface area contributed by atoms with Gasteiger partial charge in [0.15, 0.2) is 6.04 Å². The normalized spacial score (nSPS) is 20.3. The molecule has 0 aromatic heterocycles. The summed E-state index contributed by atoms with van der Waals surface area (Å²) >= 11 is 0. The molecule has 2 atom stereocenters. The molecule has 0 bridgehead atoms. The maximum absolute atomic E-state index is 12.4. The van der Waals surface area contributed by atoms with E-state index in [9.17, 15) is 32.7 Å². The average Bonchev–Trinajstić information content (AvgIpc) is 2.59. The zero-order chi connectivity index (χ0) is 19.3. The Kier molecular flexibility index (Phi) is 6.06. The highest BCUT2D eigenvalue weighted by molar-refractivity contribution is 5.85. The number of amides is 2. The van der Waals surface area contributed by atoms with E-state index >= 15 is 0 Å². The number of halogens is 3. The lowest BCUT2D eigenvalue weighted by Crippen LogP contribution is -2.61. The molecule has 10 heteroatoms. The van der Waals surface area contributed by atoms with Crippen LogP contribution in [0.1, 0.15) is 18.4 Å². The number of benzene rings is 1. The fourth-order valence-corrected chi connectivity index (χ4v) is 2.71. The third kappa shape index (κ3) is 4.87. The van der Waals surface area contributed by atoms with Gasteiger partial charge in [0.25, 0.3) is 0 Å². The van der Waals surface area contributed by atoms with E-state index in [1.54, 1.807) is 35.6 Å². The molecule has 0 radical (unpaired) electrons. The van der Waals surface area contributed by atoms with Crippen molar-refractivity contribution < 1.29 is 37.4 Å². The maximum atomic E-state index is 12.4. The number of rotatable bonds is 4. The predicted molar refractivity (Wildman–Crippen MR) is 82.0 cm³/mol. The van der Waals surface area contributed by atoms with Crippen LogP contribution < -0.4 is 5.32 Å². The van der Waals surface area contributed by atoms with Crippen LogP contribution in [0.3, 0.4) is 0 Å². The van der Waals surface area contributed by atoms with Crippen molar-refractivity contribution in [1.82, 2.24) is 10.2 Å². The van der Waals surface area contributed by atoms with E-state index in [0.717, 1.165) is 4.90 Å². The van der Waals surface area contributed by atoms with Gasteiger partial charge in [0.1, 0.15) is 6.61 Å². The largest absolute Gasteiger partial charge is 0.480 e. The van der Waals surface area contributed by atoms with Gasteiger partial charge in [-0.15, -0.1) is 0 Å².